The van der Waals surface area contributed by atoms with Crippen LogP contribution in [-0.2, 0) is 28.5 Å². The van der Waals surface area contributed by atoms with E-state index < -0.39 is 55.4 Å². The van der Waals surface area contributed by atoms with E-state index in [0.29, 0.717) is 6.42 Å². The third-order valence-electron chi connectivity index (χ3n) is 8.30. The largest absolute Gasteiger partial charge is 0.462 e. The fourth-order valence-corrected chi connectivity index (χ4v) is 5.50. The number of aliphatic hydroxyl groups excluding tert-OH is 4. The highest BCUT2D eigenvalue weighted by Gasteiger charge is 2.44. The van der Waals surface area contributed by atoms with Crippen LogP contribution in [0.1, 0.15) is 149 Å². The van der Waals surface area contributed by atoms with Crippen molar-refractivity contribution in [3.8, 4) is 0 Å². The fraction of sp³-hybridized carbons (Fsp3) is 0.941. The molecule has 6 atom stereocenters. The molecular weight excluding hydrogens is 568 g/mol. The van der Waals surface area contributed by atoms with Crippen molar-refractivity contribution in [3.05, 3.63) is 0 Å². The molecule has 0 aromatic heterocycles. The molecule has 1 rings (SSSR count). The topological polar surface area (TPSA) is 152 Å². The zero-order chi connectivity index (χ0) is 32.4. The van der Waals surface area contributed by atoms with Crippen LogP contribution in [-0.4, -0.2) is 89.0 Å². The number of hydrogen-bond donors (Lipinski definition) is 4. The van der Waals surface area contributed by atoms with Crippen LogP contribution in [0.2, 0.25) is 0 Å². The van der Waals surface area contributed by atoms with Crippen LogP contribution >= 0.6 is 0 Å². The zero-order valence-corrected chi connectivity index (χ0v) is 27.7. The van der Waals surface area contributed by atoms with E-state index in [9.17, 15) is 30.0 Å². The van der Waals surface area contributed by atoms with Crippen molar-refractivity contribution in [1.82, 2.24) is 0 Å². The third kappa shape index (κ3) is 20.0. The maximum atomic E-state index is 12.4. The maximum absolute atomic E-state index is 12.4. The van der Waals surface area contributed by atoms with Crippen molar-refractivity contribution in [1.29, 1.82) is 0 Å². The van der Waals surface area contributed by atoms with Crippen LogP contribution in [0.15, 0.2) is 0 Å². The average molecular weight is 633 g/mol. The van der Waals surface area contributed by atoms with Gasteiger partial charge in [-0.15, -0.1) is 0 Å². The van der Waals surface area contributed by atoms with Gasteiger partial charge in [-0.3, -0.25) is 9.59 Å². The van der Waals surface area contributed by atoms with E-state index in [1.165, 1.54) is 110 Å². The smallest absolute Gasteiger partial charge is 0.306 e. The summed E-state index contributed by atoms with van der Waals surface area (Å²) in [5.74, 6) is -0.991. The van der Waals surface area contributed by atoms with Gasteiger partial charge in [0.1, 0.15) is 31.0 Å². The minimum atomic E-state index is -1.58. The molecule has 1 heterocycles. The zero-order valence-electron chi connectivity index (χ0n) is 27.7. The molecule has 0 aromatic rings. The number of hydrogen-bond acceptors (Lipinski definition) is 10. The summed E-state index contributed by atoms with van der Waals surface area (Å²) in [7, 11) is 0. The van der Waals surface area contributed by atoms with Gasteiger partial charge in [0.25, 0.3) is 0 Å². The van der Waals surface area contributed by atoms with Gasteiger partial charge in [0.2, 0.25) is 0 Å². The molecule has 0 radical (unpaired) electrons. The lowest BCUT2D eigenvalue weighted by Gasteiger charge is -2.39. The summed E-state index contributed by atoms with van der Waals surface area (Å²) >= 11 is 0. The summed E-state index contributed by atoms with van der Waals surface area (Å²) in [6, 6.07) is 0. The molecule has 0 bridgehead atoms. The molecule has 1 aliphatic rings. The first kappa shape index (κ1) is 40.7. The second-order valence-corrected chi connectivity index (χ2v) is 12.4. The van der Waals surface area contributed by atoms with Gasteiger partial charge >= 0.3 is 11.9 Å². The number of carbonyl (C=O) groups is 2. The molecule has 10 heteroatoms. The van der Waals surface area contributed by atoms with Gasteiger partial charge in [0.05, 0.1) is 13.2 Å². The number of aliphatic hydroxyl groups is 4. The van der Waals surface area contributed by atoms with Crippen molar-refractivity contribution < 1.29 is 49.0 Å². The molecule has 260 valence electrons. The molecule has 0 spiro atoms. The van der Waals surface area contributed by atoms with Crippen LogP contribution in [0, 0.1) is 0 Å². The molecule has 0 aliphatic carbocycles. The average Bonchev–Trinajstić information content (AvgIpc) is 3.01. The molecule has 10 nitrogen and oxygen atoms in total. The van der Waals surface area contributed by atoms with Gasteiger partial charge < -0.3 is 39.4 Å². The predicted molar refractivity (Wildman–Crippen MR) is 169 cm³/mol. The van der Waals surface area contributed by atoms with Crippen LogP contribution in [0.25, 0.3) is 0 Å². The van der Waals surface area contributed by atoms with E-state index in [-0.39, 0.29) is 19.6 Å². The van der Waals surface area contributed by atoms with E-state index in [4.69, 9.17) is 18.9 Å². The molecule has 0 amide bonds. The molecule has 1 saturated heterocycles. The minimum Gasteiger partial charge on any atom is -0.462 e. The Labute approximate surface area is 266 Å². The molecule has 1 aliphatic heterocycles. The summed E-state index contributed by atoms with van der Waals surface area (Å²) < 4.78 is 21.2. The van der Waals surface area contributed by atoms with Crippen molar-refractivity contribution >= 4 is 11.9 Å². The van der Waals surface area contributed by atoms with Crippen LogP contribution < -0.4 is 0 Å². The highest BCUT2D eigenvalue weighted by atomic mass is 16.7. The summed E-state index contributed by atoms with van der Waals surface area (Å²) in [6.45, 7) is 2.40. The molecule has 1 fully saturated rings. The van der Waals surface area contributed by atoms with Crippen molar-refractivity contribution in [2.45, 2.75) is 185 Å². The first-order valence-corrected chi connectivity index (χ1v) is 17.5. The Hall–Kier alpha value is -1.30. The summed E-state index contributed by atoms with van der Waals surface area (Å²) in [5, 5.41) is 39.3. The summed E-state index contributed by atoms with van der Waals surface area (Å²) in [5.41, 5.74) is 0. The fourth-order valence-electron chi connectivity index (χ4n) is 5.50. The second kappa shape index (κ2) is 26.9. The maximum Gasteiger partial charge on any atom is 0.306 e. The first-order valence-electron chi connectivity index (χ1n) is 17.5. The van der Waals surface area contributed by atoms with Gasteiger partial charge in [0, 0.05) is 13.3 Å². The lowest BCUT2D eigenvalue weighted by molar-refractivity contribution is -0.305. The van der Waals surface area contributed by atoms with Crippen LogP contribution in [0.5, 0.6) is 0 Å². The molecule has 4 N–H and O–H groups in total. The van der Waals surface area contributed by atoms with Crippen LogP contribution in [0.3, 0.4) is 0 Å². The monoisotopic (exact) mass is 632 g/mol. The first-order chi connectivity index (χ1) is 21.3. The molecule has 0 saturated carbocycles. The number of unbranched alkanes of at least 4 members (excludes halogenated alkanes) is 19. The standard InChI is InChI=1S/C34H64O10/c1-3-4-5-6-7-8-9-10-11-12-13-14-15-16-17-18-19-20-21-22-23-30(37)43-28(25-41-27(2)36)26-42-34-33(40)32(39)31(38)29(24-35)44-34/h28-29,31-35,38-40H,3-26H2,1-2H3. The van der Waals surface area contributed by atoms with E-state index in [2.05, 4.69) is 6.92 Å². The third-order valence-corrected chi connectivity index (χ3v) is 8.30. The van der Waals surface area contributed by atoms with E-state index in [1.54, 1.807) is 0 Å². The Balaban J connectivity index is 2.06. The predicted octanol–water partition coefficient (Wildman–Crippen LogP) is 5.49. The van der Waals surface area contributed by atoms with E-state index in [0.717, 1.165) is 19.3 Å². The summed E-state index contributed by atoms with van der Waals surface area (Å²) in [4.78, 5) is 23.7. The minimum absolute atomic E-state index is 0.232. The quantitative estimate of drug-likeness (QED) is 0.0644. The van der Waals surface area contributed by atoms with Gasteiger partial charge in [-0.2, -0.15) is 0 Å². The number of rotatable bonds is 28. The Bertz CT molecular complexity index is 704. The van der Waals surface area contributed by atoms with Gasteiger partial charge in [-0.25, -0.2) is 0 Å². The SMILES string of the molecule is CCCCCCCCCCCCCCCCCCCCCCC(=O)OC(COC(C)=O)COC1OC(CO)C(O)C(O)C1O. The van der Waals surface area contributed by atoms with Crippen LogP contribution in [0.4, 0.5) is 0 Å². The van der Waals surface area contributed by atoms with Gasteiger partial charge in [-0.1, -0.05) is 129 Å². The number of esters is 2. The highest BCUT2D eigenvalue weighted by molar-refractivity contribution is 5.69. The van der Waals surface area contributed by atoms with E-state index in [1.807, 2.05) is 0 Å². The number of carbonyl (C=O) groups excluding carboxylic acids is 2. The normalized spacial score (nSPS) is 22.5. The van der Waals surface area contributed by atoms with E-state index >= 15 is 0 Å². The molecule has 0 aromatic carbocycles. The highest BCUT2D eigenvalue weighted by Crippen LogP contribution is 2.22. The molecule has 44 heavy (non-hydrogen) atoms. The van der Waals surface area contributed by atoms with Gasteiger partial charge in [0.15, 0.2) is 12.4 Å². The second-order valence-electron chi connectivity index (χ2n) is 12.4. The Morgan fingerprint density at radius 2 is 1.11 bits per heavy atom. The summed E-state index contributed by atoms with van der Waals surface area (Å²) in [6.07, 6.45) is 17.8. The molecule has 6 unspecified atom stereocenters. The Morgan fingerprint density at radius 1 is 0.659 bits per heavy atom. The number of ether oxygens (including phenoxy) is 4. The van der Waals surface area contributed by atoms with Crippen molar-refractivity contribution in [2.75, 3.05) is 19.8 Å². The van der Waals surface area contributed by atoms with Crippen molar-refractivity contribution in [3.63, 3.8) is 0 Å². The Morgan fingerprint density at radius 3 is 1.55 bits per heavy atom. The van der Waals surface area contributed by atoms with Gasteiger partial charge in [-0.05, 0) is 6.42 Å². The lowest BCUT2D eigenvalue weighted by Crippen LogP contribution is -2.59. The molecular formula is C34H64O10. The van der Waals surface area contributed by atoms with Crippen molar-refractivity contribution in [2.24, 2.45) is 0 Å². The Kier molecular flexibility index (Phi) is 24.9. The lowest BCUT2D eigenvalue weighted by atomic mass is 9.99.